The lowest BCUT2D eigenvalue weighted by molar-refractivity contribution is 0.0665. The van der Waals surface area contributed by atoms with Crippen LogP contribution in [0.2, 0.25) is 0 Å². The Hall–Kier alpha value is -3.58. The average molecular weight is 447 g/mol. The molecule has 4 aromatic rings. The van der Waals surface area contributed by atoms with Crippen molar-refractivity contribution in [3.8, 4) is 11.1 Å². The van der Waals surface area contributed by atoms with Crippen LogP contribution in [-0.4, -0.2) is 52.1 Å². The molecule has 7 heteroatoms. The molecule has 1 amide bonds. The van der Waals surface area contributed by atoms with Gasteiger partial charge in [-0.05, 0) is 79.7 Å². The summed E-state index contributed by atoms with van der Waals surface area (Å²) in [5.41, 5.74) is 3.59. The lowest BCUT2D eigenvalue weighted by atomic mass is 10.0. The largest absolute Gasteiger partial charge is 0.330 e. The van der Waals surface area contributed by atoms with Gasteiger partial charge < -0.3 is 9.80 Å². The topological polar surface area (TPSA) is 52.2 Å². The van der Waals surface area contributed by atoms with Crippen LogP contribution in [0.1, 0.15) is 22.3 Å². The zero-order valence-electron chi connectivity index (χ0n) is 18.3. The van der Waals surface area contributed by atoms with Crippen LogP contribution < -0.4 is 0 Å². The molecule has 1 fully saturated rings. The molecule has 0 saturated carbocycles. The molecule has 0 unspecified atom stereocenters. The smallest absolute Gasteiger partial charge is 0.254 e. The molecular weight excluding hydrogens is 422 g/mol. The van der Waals surface area contributed by atoms with Crippen LogP contribution in [0.5, 0.6) is 0 Å². The number of hydrogen-bond acceptors (Lipinski definition) is 3. The normalized spacial score (nSPS) is 16.4. The van der Waals surface area contributed by atoms with Gasteiger partial charge in [0.2, 0.25) is 0 Å². The van der Waals surface area contributed by atoms with E-state index in [0.717, 1.165) is 35.0 Å². The summed E-state index contributed by atoms with van der Waals surface area (Å²) in [5, 5.41) is 7.96. The van der Waals surface area contributed by atoms with Gasteiger partial charge in [0.05, 0.1) is 11.7 Å². The highest BCUT2D eigenvalue weighted by molar-refractivity contribution is 5.94. The molecule has 1 saturated heterocycles. The van der Waals surface area contributed by atoms with E-state index >= 15 is 0 Å². The molecule has 0 radical (unpaired) electrons. The molecule has 1 N–H and O–H groups in total. The molecule has 5 rings (SSSR count). The Morgan fingerprint density at radius 2 is 1.85 bits per heavy atom. The fraction of sp³-hybridized carbons (Fsp3) is 0.231. The number of fused-ring (bicyclic) bond motifs is 1. The predicted octanol–water partition coefficient (Wildman–Crippen LogP) is 4.85. The van der Waals surface area contributed by atoms with Crippen LogP contribution in [0.25, 0.3) is 22.0 Å². The summed E-state index contributed by atoms with van der Waals surface area (Å²) in [4.78, 5) is 17.3. The summed E-state index contributed by atoms with van der Waals surface area (Å²) < 4.78 is 28.3. The fourth-order valence-electron chi connectivity index (χ4n) is 4.47. The number of carbonyl (C=O) groups is 1. The monoisotopic (exact) mass is 446 g/mol. The Morgan fingerprint density at radius 1 is 1.09 bits per heavy atom. The highest BCUT2D eigenvalue weighted by Crippen LogP contribution is 2.27. The van der Waals surface area contributed by atoms with Gasteiger partial charge in [0, 0.05) is 35.6 Å². The van der Waals surface area contributed by atoms with Crippen LogP contribution in [0.3, 0.4) is 0 Å². The number of benzene rings is 3. The highest BCUT2D eigenvalue weighted by Gasteiger charge is 2.30. The molecule has 0 bridgehead atoms. The van der Waals surface area contributed by atoms with Crippen molar-refractivity contribution in [3.63, 3.8) is 0 Å². The van der Waals surface area contributed by atoms with Crippen molar-refractivity contribution in [1.82, 2.24) is 20.0 Å². The van der Waals surface area contributed by atoms with Crippen molar-refractivity contribution in [2.24, 2.45) is 0 Å². The SMILES string of the molecule is CN1CC[C@@H](N(Cc2cc(-c3ccc4[nH]ncc4c3)ccc2F)C(=O)c2ccc(F)cc2)C1. The summed E-state index contributed by atoms with van der Waals surface area (Å²) in [6.07, 6.45) is 2.56. The highest BCUT2D eigenvalue weighted by atomic mass is 19.1. The second-order valence-electron chi connectivity index (χ2n) is 8.62. The first-order chi connectivity index (χ1) is 16.0. The number of nitrogens with zero attached hydrogens (tertiary/aromatic N) is 3. The molecule has 1 atom stereocenters. The fourth-order valence-corrected chi connectivity index (χ4v) is 4.47. The summed E-state index contributed by atoms with van der Waals surface area (Å²) in [6.45, 7) is 1.72. The lowest BCUT2D eigenvalue weighted by Crippen LogP contribution is -2.41. The number of H-pyrrole nitrogens is 1. The van der Waals surface area contributed by atoms with Crippen molar-refractivity contribution in [2.45, 2.75) is 19.0 Å². The minimum atomic E-state index is -0.396. The maximum atomic E-state index is 14.9. The number of likely N-dealkylation sites (tertiary alicyclic amines) is 1. The van der Waals surface area contributed by atoms with Gasteiger partial charge in [-0.1, -0.05) is 12.1 Å². The summed E-state index contributed by atoms with van der Waals surface area (Å²) in [6, 6.07) is 16.4. The number of halogens is 2. The number of aromatic nitrogens is 2. The van der Waals surface area contributed by atoms with E-state index in [2.05, 4.69) is 15.1 Å². The number of carbonyl (C=O) groups excluding carboxylic acids is 1. The molecule has 1 aromatic heterocycles. The molecule has 2 heterocycles. The van der Waals surface area contributed by atoms with E-state index in [-0.39, 0.29) is 24.3 Å². The molecule has 5 nitrogen and oxygen atoms in total. The van der Waals surface area contributed by atoms with Gasteiger partial charge in [-0.3, -0.25) is 9.89 Å². The van der Waals surface area contributed by atoms with Crippen molar-refractivity contribution in [3.05, 3.63) is 89.6 Å². The van der Waals surface area contributed by atoms with E-state index in [1.807, 2.05) is 25.2 Å². The number of amides is 1. The summed E-state index contributed by atoms with van der Waals surface area (Å²) in [5.74, 6) is -0.974. The Bertz CT molecular complexity index is 1300. The number of rotatable bonds is 5. The van der Waals surface area contributed by atoms with Crippen LogP contribution >= 0.6 is 0 Å². The summed E-state index contributed by atoms with van der Waals surface area (Å²) in [7, 11) is 2.01. The van der Waals surface area contributed by atoms with Gasteiger partial charge in [0.25, 0.3) is 5.91 Å². The third-order valence-electron chi connectivity index (χ3n) is 6.32. The third kappa shape index (κ3) is 4.36. The Balaban J connectivity index is 1.48. The van der Waals surface area contributed by atoms with E-state index < -0.39 is 5.82 Å². The molecule has 1 aliphatic heterocycles. The van der Waals surface area contributed by atoms with Crippen LogP contribution in [0.15, 0.2) is 66.9 Å². The van der Waals surface area contributed by atoms with Gasteiger partial charge in [0.15, 0.2) is 0 Å². The molecule has 3 aromatic carbocycles. The Morgan fingerprint density at radius 3 is 2.61 bits per heavy atom. The Kier molecular flexibility index (Phi) is 5.64. The van der Waals surface area contributed by atoms with Crippen molar-refractivity contribution >= 4 is 16.8 Å². The standard InChI is InChI=1S/C26H24F2N4O/c1-31-11-10-23(16-31)32(26(33)17-2-6-22(27)7-3-17)15-21-13-18(4-8-24(21)28)19-5-9-25-20(12-19)14-29-30-25/h2-9,12-14,23H,10-11,15-16H2,1H3,(H,29,30)/t23-/m1/s1. The van der Waals surface area contributed by atoms with E-state index in [1.54, 1.807) is 23.2 Å². The molecular formula is C26H24F2N4O. The van der Waals surface area contributed by atoms with Gasteiger partial charge in [0.1, 0.15) is 11.6 Å². The van der Waals surface area contributed by atoms with Gasteiger partial charge in [-0.2, -0.15) is 5.10 Å². The van der Waals surface area contributed by atoms with Crippen LogP contribution in [-0.2, 0) is 6.54 Å². The number of likely N-dealkylation sites (N-methyl/N-ethyl adjacent to an activating group) is 1. The minimum Gasteiger partial charge on any atom is -0.330 e. The second-order valence-corrected chi connectivity index (χ2v) is 8.62. The van der Waals surface area contributed by atoms with Gasteiger partial charge in [-0.25, -0.2) is 8.78 Å². The predicted molar refractivity (Wildman–Crippen MR) is 124 cm³/mol. The quantitative estimate of drug-likeness (QED) is 0.477. The zero-order chi connectivity index (χ0) is 22.9. The molecule has 33 heavy (non-hydrogen) atoms. The maximum Gasteiger partial charge on any atom is 0.254 e. The van der Waals surface area contributed by atoms with Crippen LogP contribution in [0.4, 0.5) is 8.78 Å². The van der Waals surface area contributed by atoms with Crippen LogP contribution in [0, 0.1) is 11.6 Å². The first-order valence-electron chi connectivity index (χ1n) is 10.9. The maximum absolute atomic E-state index is 14.9. The van der Waals surface area contributed by atoms with Gasteiger partial charge >= 0.3 is 0 Å². The molecule has 0 aliphatic carbocycles. The molecule has 1 aliphatic rings. The minimum absolute atomic E-state index is 0.0436. The van der Waals surface area contributed by atoms with E-state index in [4.69, 9.17) is 0 Å². The number of nitrogens with one attached hydrogen (secondary N) is 1. The number of hydrogen-bond donors (Lipinski definition) is 1. The first kappa shape index (κ1) is 21.3. The van der Waals surface area contributed by atoms with E-state index in [9.17, 15) is 13.6 Å². The third-order valence-corrected chi connectivity index (χ3v) is 6.32. The Labute approximate surface area is 190 Å². The van der Waals surface area contributed by atoms with Crippen molar-refractivity contribution < 1.29 is 13.6 Å². The van der Waals surface area contributed by atoms with E-state index in [1.165, 1.54) is 30.3 Å². The lowest BCUT2D eigenvalue weighted by Gasteiger charge is -2.29. The first-order valence-corrected chi connectivity index (χ1v) is 10.9. The summed E-state index contributed by atoms with van der Waals surface area (Å²) >= 11 is 0. The average Bonchev–Trinajstić information content (AvgIpc) is 3.47. The van der Waals surface area contributed by atoms with Gasteiger partial charge in [-0.15, -0.1) is 0 Å². The molecule has 0 spiro atoms. The van der Waals surface area contributed by atoms with E-state index in [0.29, 0.717) is 17.7 Å². The van der Waals surface area contributed by atoms with Crippen molar-refractivity contribution in [1.29, 1.82) is 0 Å². The molecule has 168 valence electrons. The number of aromatic amines is 1. The van der Waals surface area contributed by atoms with Crippen molar-refractivity contribution in [2.75, 3.05) is 20.1 Å². The second kappa shape index (κ2) is 8.75. The zero-order valence-corrected chi connectivity index (χ0v) is 18.3.